The normalized spacial score (nSPS) is 22.0. The minimum absolute atomic E-state index is 0. The molecule has 0 unspecified atom stereocenters. The summed E-state index contributed by atoms with van der Waals surface area (Å²) >= 11 is 0. The first-order valence-electron chi connectivity index (χ1n) is 8.53. The van der Waals surface area contributed by atoms with E-state index in [1.165, 1.54) is 0 Å². The van der Waals surface area contributed by atoms with Crippen molar-refractivity contribution in [3.8, 4) is 11.5 Å². The molecule has 0 radical (unpaired) electrons. The Morgan fingerprint density at radius 2 is 1.96 bits per heavy atom. The second-order valence-electron chi connectivity index (χ2n) is 6.46. The second-order valence-corrected chi connectivity index (χ2v) is 6.46. The molecule has 0 aromatic heterocycles. The molecule has 2 aliphatic rings. The number of carbonyl (C=O) groups is 1. The van der Waals surface area contributed by atoms with Gasteiger partial charge in [0, 0.05) is 31.7 Å². The number of hydrogen-bond donors (Lipinski definition) is 1. The van der Waals surface area contributed by atoms with E-state index in [1.54, 1.807) is 13.2 Å². The number of carbonyl (C=O) groups excluding carboxylic acids is 1. The highest BCUT2D eigenvalue weighted by molar-refractivity contribution is 5.95. The van der Waals surface area contributed by atoms with Gasteiger partial charge < -0.3 is 19.7 Å². The number of unbranched alkanes of at least 4 members (excludes halogenated alkanes) is 1. The highest BCUT2D eigenvalue weighted by Crippen LogP contribution is 2.31. The van der Waals surface area contributed by atoms with Gasteiger partial charge in [0.1, 0.15) is 0 Å². The predicted octanol–water partition coefficient (Wildman–Crippen LogP) is 2.59. The Labute approximate surface area is 150 Å². The Kier molecular flexibility index (Phi) is 6.75. The third kappa shape index (κ3) is 3.95. The van der Waals surface area contributed by atoms with E-state index >= 15 is 0 Å². The van der Waals surface area contributed by atoms with Crippen LogP contribution < -0.4 is 14.8 Å². The summed E-state index contributed by atoms with van der Waals surface area (Å²) in [5.74, 6) is 2.65. The predicted molar refractivity (Wildman–Crippen MR) is 96.4 cm³/mol. The number of nitrogens with one attached hydrogen (secondary N) is 1. The van der Waals surface area contributed by atoms with Crippen LogP contribution in [-0.4, -0.2) is 50.7 Å². The molecule has 134 valence electrons. The van der Waals surface area contributed by atoms with Crippen molar-refractivity contribution in [1.82, 2.24) is 10.2 Å². The van der Waals surface area contributed by atoms with Gasteiger partial charge >= 0.3 is 0 Å². The third-order valence-corrected chi connectivity index (χ3v) is 4.84. The average Bonchev–Trinajstić information content (AvgIpc) is 3.16. The molecule has 3 rings (SSSR count). The fraction of sp³-hybridized carbons (Fsp3) is 0.611. The van der Waals surface area contributed by atoms with Gasteiger partial charge in [0.15, 0.2) is 11.5 Å². The highest BCUT2D eigenvalue weighted by atomic mass is 35.5. The van der Waals surface area contributed by atoms with E-state index < -0.39 is 0 Å². The molecule has 1 aromatic rings. The number of nitrogens with zero attached hydrogens (tertiary/aromatic N) is 1. The van der Waals surface area contributed by atoms with Crippen LogP contribution in [0.15, 0.2) is 18.2 Å². The zero-order valence-electron chi connectivity index (χ0n) is 14.4. The average molecular weight is 355 g/mol. The van der Waals surface area contributed by atoms with E-state index in [0.717, 1.165) is 39.0 Å². The van der Waals surface area contributed by atoms with E-state index in [-0.39, 0.29) is 18.3 Å². The molecule has 0 spiro atoms. The maximum atomic E-state index is 12.7. The molecule has 6 heteroatoms. The Hall–Kier alpha value is -1.46. The summed E-state index contributed by atoms with van der Waals surface area (Å²) in [6.07, 6.45) is 2.10. The van der Waals surface area contributed by atoms with Crippen molar-refractivity contribution < 1.29 is 14.3 Å². The quantitative estimate of drug-likeness (QED) is 0.798. The van der Waals surface area contributed by atoms with Crippen LogP contribution in [0.25, 0.3) is 0 Å². The number of ether oxygens (including phenoxy) is 2. The number of fused-ring (bicyclic) bond motifs is 1. The number of amides is 1. The molecule has 2 heterocycles. The molecule has 2 fully saturated rings. The first-order chi connectivity index (χ1) is 11.2. The van der Waals surface area contributed by atoms with Crippen LogP contribution in [0.5, 0.6) is 11.5 Å². The van der Waals surface area contributed by atoms with Gasteiger partial charge in [0.05, 0.1) is 13.7 Å². The van der Waals surface area contributed by atoms with Crippen molar-refractivity contribution in [3.63, 3.8) is 0 Å². The molecule has 1 aromatic carbocycles. The zero-order valence-corrected chi connectivity index (χ0v) is 15.2. The lowest BCUT2D eigenvalue weighted by atomic mass is 10.0. The van der Waals surface area contributed by atoms with Gasteiger partial charge in [-0.3, -0.25) is 4.79 Å². The van der Waals surface area contributed by atoms with Crippen LogP contribution in [0.2, 0.25) is 0 Å². The maximum absolute atomic E-state index is 12.7. The van der Waals surface area contributed by atoms with E-state index in [1.807, 2.05) is 17.0 Å². The topological polar surface area (TPSA) is 50.8 Å². The van der Waals surface area contributed by atoms with Gasteiger partial charge in [-0.05, 0) is 36.5 Å². The van der Waals surface area contributed by atoms with Crippen LogP contribution in [0.1, 0.15) is 30.1 Å². The standard InChI is InChI=1S/C18H26N2O3.ClH/c1-3-4-7-23-16-6-5-13(8-17(16)22-2)18(21)20-11-14-9-19-10-15(14)12-20;/h5-6,8,14-15,19H,3-4,7,9-12H2,1-2H3;1H/t14-,15+;. The minimum atomic E-state index is 0. The van der Waals surface area contributed by atoms with Gasteiger partial charge in [-0.15, -0.1) is 12.4 Å². The van der Waals surface area contributed by atoms with E-state index in [0.29, 0.717) is 35.5 Å². The molecular formula is C18H27ClN2O3. The molecule has 2 saturated heterocycles. The molecule has 0 saturated carbocycles. The van der Waals surface area contributed by atoms with Gasteiger partial charge in [-0.1, -0.05) is 13.3 Å². The molecule has 24 heavy (non-hydrogen) atoms. The Morgan fingerprint density at radius 1 is 1.25 bits per heavy atom. The summed E-state index contributed by atoms with van der Waals surface area (Å²) in [7, 11) is 1.61. The van der Waals surface area contributed by atoms with Crippen molar-refractivity contribution in [2.24, 2.45) is 11.8 Å². The van der Waals surface area contributed by atoms with Crippen molar-refractivity contribution in [1.29, 1.82) is 0 Å². The summed E-state index contributed by atoms with van der Waals surface area (Å²) in [5, 5.41) is 3.40. The van der Waals surface area contributed by atoms with Gasteiger partial charge in [0.25, 0.3) is 5.91 Å². The van der Waals surface area contributed by atoms with E-state index in [4.69, 9.17) is 9.47 Å². The highest BCUT2D eigenvalue weighted by Gasteiger charge is 2.38. The first-order valence-corrected chi connectivity index (χ1v) is 8.53. The number of hydrogen-bond acceptors (Lipinski definition) is 4. The molecule has 2 atom stereocenters. The number of methoxy groups -OCH3 is 1. The van der Waals surface area contributed by atoms with Crippen LogP contribution in [0.3, 0.4) is 0 Å². The van der Waals surface area contributed by atoms with Crippen LogP contribution >= 0.6 is 12.4 Å². The number of benzene rings is 1. The minimum Gasteiger partial charge on any atom is -0.493 e. The van der Waals surface area contributed by atoms with Gasteiger partial charge in [-0.2, -0.15) is 0 Å². The number of rotatable bonds is 6. The van der Waals surface area contributed by atoms with E-state index in [2.05, 4.69) is 12.2 Å². The fourth-order valence-corrected chi connectivity index (χ4v) is 3.45. The van der Waals surface area contributed by atoms with Crippen molar-refractivity contribution in [2.45, 2.75) is 19.8 Å². The number of halogens is 1. The molecule has 1 N–H and O–H groups in total. The lowest BCUT2D eigenvalue weighted by Crippen LogP contribution is -2.31. The van der Waals surface area contributed by atoms with Crippen molar-refractivity contribution in [3.05, 3.63) is 23.8 Å². The first kappa shape index (κ1) is 18.9. The smallest absolute Gasteiger partial charge is 0.254 e. The SMILES string of the molecule is CCCCOc1ccc(C(=O)N2C[C@H]3CNC[C@H]3C2)cc1OC.Cl. The summed E-state index contributed by atoms with van der Waals surface area (Å²) in [6.45, 7) is 6.57. The molecule has 2 aliphatic heterocycles. The zero-order chi connectivity index (χ0) is 16.2. The Morgan fingerprint density at radius 3 is 2.58 bits per heavy atom. The van der Waals surface area contributed by atoms with Crippen LogP contribution in [0.4, 0.5) is 0 Å². The number of likely N-dealkylation sites (tertiary alicyclic amines) is 1. The molecular weight excluding hydrogens is 328 g/mol. The molecule has 0 aliphatic carbocycles. The van der Waals surface area contributed by atoms with Crippen molar-refractivity contribution in [2.75, 3.05) is 39.9 Å². The maximum Gasteiger partial charge on any atom is 0.254 e. The Bertz CT molecular complexity index is 555. The molecule has 1 amide bonds. The Balaban J connectivity index is 0.00000208. The summed E-state index contributed by atoms with van der Waals surface area (Å²) < 4.78 is 11.1. The molecule has 0 bridgehead atoms. The van der Waals surface area contributed by atoms with Crippen LogP contribution in [-0.2, 0) is 0 Å². The third-order valence-electron chi connectivity index (χ3n) is 4.84. The lowest BCUT2D eigenvalue weighted by Gasteiger charge is -2.18. The lowest BCUT2D eigenvalue weighted by molar-refractivity contribution is 0.0781. The van der Waals surface area contributed by atoms with Crippen molar-refractivity contribution >= 4 is 18.3 Å². The summed E-state index contributed by atoms with van der Waals surface area (Å²) in [4.78, 5) is 14.7. The summed E-state index contributed by atoms with van der Waals surface area (Å²) in [5.41, 5.74) is 0.678. The fourth-order valence-electron chi connectivity index (χ4n) is 3.45. The van der Waals surface area contributed by atoms with Gasteiger partial charge in [0.2, 0.25) is 0 Å². The monoisotopic (exact) mass is 354 g/mol. The second kappa shape index (κ2) is 8.58. The molecule has 5 nitrogen and oxygen atoms in total. The van der Waals surface area contributed by atoms with E-state index in [9.17, 15) is 4.79 Å². The summed E-state index contributed by atoms with van der Waals surface area (Å²) in [6, 6.07) is 5.49. The van der Waals surface area contributed by atoms with Crippen LogP contribution in [0, 0.1) is 11.8 Å². The van der Waals surface area contributed by atoms with Gasteiger partial charge in [-0.25, -0.2) is 0 Å². The largest absolute Gasteiger partial charge is 0.493 e.